The molecule has 0 saturated carbocycles. The van der Waals surface area contributed by atoms with Gasteiger partial charge in [-0.25, -0.2) is 13.2 Å². The molecule has 2 aromatic carbocycles. The smallest absolute Gasteiger partial charge is 0.325 e. The molecule has 162 valence electrons. The van der Waals surface area contributed by atoms with Crippen LogP contribution in [0.4, 0.5) is 29.3 Å². The van der Waals surface area contributed by atoms with Gasteiger partial charge in [0.05, 0.1) is 10.5 Å². The average molecular weight is 441 g/mol. The van der Waals surface area contributed by atoms with E-state index in [1.54, 1.807) is 4.90 Å². The van der Waals surface area contributed by atoms with Crippen molar-refractivity contribution < 1.29 is 26.4 Å². The summed E-state index contributed by atoms with van der Waals surface area (Å²) in [6.45, 7) is 1.38. The molecule has 0 aliphatic carbocycles. The van der Waals surface area contributed by atoms with Crippen molar-refractivity contribution in [2.75, 3.05) is 23.1 Å². The number of benzene rings is 2. The Morgan fingerprint density at radius 1 is 0.833 bits per heavy atom. The monoisotopic (exact) mass is 441 g/mol. The summed E-state index contributed by atoms with van der Waals surface area (Å²) in [7, 11) is -3.99. The number of rotatable bonds is 4. The number of carbonyl (C=O) groups is 1. The maximum Gasteiger partial charge on any atom is 0.416 e. The molecule has 3 rings (SSSR count). The Morgan fingerprint density at radius 3 is 1.90 bits per heavy atom. The molecule has 0 aromatic heterocycles. The Labute approximate surface area is 173 Å². The molecule has 1 aliphatic heterocycles. The maximum atomic E-state index is 12.6. The summed E-state index contributed by atoms with van der Waals surface area (Å²) < 4.78 is 65.0. The normalized spacial score (nSPS) is 15.4. The highest BCUT2D eigenvalue weighted by Crippen LogP contribution is 2.30. The highest BCUT2D eigenvalue weighted by molar-refractivity contribution is 7.92. The molecule has 1 aliphatic rings. The van der Waals surface area contributed by atoms with Gasteiger partial charge in [-0.3, -0.25) is 4.72 Å². The van der Waals surface area contributed by atoms with E-state index in [-0.39, 0.29) is 16.6 Å². The highest BCUT2D eigenvalue weighted by Gasteiger charge is 2.30. The van der Waals surface area contributed by atoms with Gasteiger partial charge < -0.3 is 10.2 Å². The topological polar surface area (TPSA) is 78.5 Å². The zero-order valence-electron chi connectivity index (χ0n) is 16.1. The fraction of sp³-hybridized carbons (Fsp3) is 0.350. The van der Waals surface area contributed by atoms with Gasteiger partial charge in [-0.1, -0.05) is 12.8 Å². The molecule has 0 unspecified atom stereocenters. The van der Waals surface area contributed by atoms with E-state index < -0.39 is 21.8 Å². The molecule has 2 aromatic rings. The zero-order chi connectivity index (χ0) is 21.8. The molecule has 1 heterocycles. The SMILES string of the molecule is O=C(Nc1ccc(S(=O)(=O)Nc2ccc(C(F)(F)F)cc2)cc1)N1CCCCCC1. The fourth-order valence-electron chi connectivity index (χ4n) is 3.14. The largest absolute Gasteiger partial charge is 0.416 e. The minimum absolute atomic E-state index is 0.0153. The Bertz CT molecular complexity index is 967. The van der Waals surface area contributed by atoms with E-state index in [1.165, 1.54) is 24.3 Å². The van der Waals surface area contributed by atoms with E-state index in [4.69, 9.17) is 0 Å². The van der Waals surface area contributed by atoms with Crippen LogP contribution < -0.4 is 10.0 Å². The molecule has 10 heteroatoms. The predicted molar refractivity (Wildman–Crippen MR) is 108 cm³/mol. The van der Waals surface area contributed by atoms with Crippen molar-refractivity contribution in [1.82, 2.24) is 4.90 Å². The number of anilines is 2. The summed E-state index contributed by atoms with van der Waals surface area (Å²) >= 11 is 0. The van der Waals surface area contributed by atoms with Crippen molar-refractivity contribution in [3.63, 3.8) is 0 Å². The molecule has 2 amide bonds. The molecule has 0 bridgehead atoms. The first-order valence-corrected chi connectivity index (χ1v) is 11.0. The Balaban J connectivity index is 1.65. The molecule has 1 fully saturated rings. The summed E-state index contributed by atoms with van der Waals surface area (Å²) in [5, 5.41) is 2.75. The number of alkyl halides is 3. The van der Waals surface area contributed by atoms with E-state index >= 15 is 0 Å². The standard InChI is InChI=1S/C20H22F3N3O3S/c21-20(22,23)15-5-7-17(8-6-15)25-30(28,29)18-11-9-16(10-12-18)24-19(27)26-13-3-1-2-4-14-26/h5-12,25H,1-4,13-14H2,(H,24,27). The number of carbonyl (C=O) groups excluding carboxylic acids is 1. The van der Waals surface area contributed by atoms with Crippen molar-refractivity contribution in [3.8, 4) is 0 Å². The van der Waals surface area contributed by atoms with E-state index in [0.717, 1.165) is 49.9 Å². The lowest BCUT2D eigenvalue weighted by atomic mass is 10.2. The number of likely N-dealkylation sites (tertiary alicyclic amines) is 1. The lowest BCUT2D eigenvalue weighted by Gasteiger charge is -2.20. The number of sulfonamides is 1. The first-order chi connectivity index (χ1) is 14.1. The van der Waals surface area contributed by atoms with Crippen molar-refractivity contribution in [1.29, 1.82) is 0 Å². The lowest BCUT2D eigenvalue weighted by Crippen LogP contribution is -2.35. The van der Waals surface area contributed by atoms with Crippen molar-refractivity contribution >= 4 is 27.4 Å². The van der Waals surface area contributed by atoms with E-state index in [2.05, 4.69) is 10.0 Å². The van der Waals surface area contributed by atoms with Gasteiger partial charge >= 0.3 is 12.2 Å². The molecule has 6 nitrogen and oxygen atoms in total. The second kappa shape index (κ2) is 8.95. The van der Waals surface area contributed by atoms with Gasteiger partial charge in [-0.05, 0) is 61.4 Å². The van der Waals surface area contributed by atoms with Crippen LogP contribution in [-0.4, -0.2) is 32.4 Å². The van der Waals surface area contributed by atoms with Gasteiger partial charge in [0.25, 0.3) is 10.0 Å². The minimum atomic E-state index is -4.50. The predicted octanol–water partition coefficient (Wildman–Crippen LogP) is 4.91. The summed E-state index contributed by atoms with van der Waals surface area (Å²) in [5.41, 5.74) is -0.394. The Morgan fingerprint density at radius 2 is 1.37 bits per heavy atom. The quantitative estimate of drug-likeness (QED) is 0.707. The number of hydrogen-bond acceptors (Lipinski definition) is 3. The van der Waals surface area contributed by atoms with Gasteiger partial charge in [-0.15, -0.1) is 0 Å². The molecule has 1 saturated heterocycles. The van der Waals surface area contributed by atoms with Crippen LogP contribution in [0, 0.1) is 0 Å². The van der Waals surface area contributed by atoms with Gasteiger partial charge in [-0.2, -0.15) is 13.2 Å². The number of halogens is 3. The summed E-state index contributed by atoms with van der Waals surface area (Å²) in [4.78, 5) is 14.0. The van der Waals surface area contributed by atoms with Gasteiger partial charge in [0.2, 0.25) is 0 Å². The summed E-state index contributed by atoms with van der Waals surface area (Å²) in [6, 6.07) is 9.07. The van der Waals surface area contributed by atoms with Crippen LogP contribution in [0.1, 0.15) is 31.2 Å². The fourth-order valence-corrected chi connectivity index (χ4v) is 4.19. The Hall–Kier alpha value is -2.75. The molecular formula is C20H22F3N3O3S. The van der Waals surface area contributed by atoms with Crippen LogP contribution in [0.3, 0.4) is 0 Å². The number of hydrogen-bond donors (Lipinski definition) is 2. The van der Waals surface area contributed by atoms with Crippen LogP contribution >= 0.6 is 0 Å². The van der Waals surface area contributed by atoms with Crippen LogP contribution in [0.15, 0.2) is 53.4 Å². The third-order valence-corrected chi connectivity index (χ3v) is 6.17. The highest BCUT2D eigenvalue weighted by atomic mass is 32.2. The molecule has 30 heavy (non-hydrogen) atoms. The maximum absolute atomic E-state index is 12.6. The number of urea groups is 1. The van der Waals surface area contributed by atoms with Crippen LogP contribution in [0.5, 0.6) is 0 Å². The van der Waals surface area contributed by atoms with Gasteiger partial charge in [0.15, 0.2) is 0 Å². The number of amides is 2. The van der Waals surface area contributed by atoms with Crippen molar-refractivity contribution in [3.05, 3.63) is 54.1 Å². The summed E-state index contributed by atoms with van der Waals surface area (Å²) in [6.07, 6.45) is -0.379. The van der Waals surface area contributed by atoms with Crippen molar-refractivity contribution in [2.24, 2.45) is 0 Å². The van der Waals surface area contributed by atoms with Crippen LogP contribution in [0.2, 0.25) is 0 Å². The van der Waals surface area contributed by atoms with Crippen LogP contribution in [-0.2, 0) is 16.2 Å². The van der Waals surface area contributed by atoms with E-state index in [9.17, 15) is 26.4 Å². The molecule has 0 atom stereocenters. The lowest BCUT2D eigenvalue weighted by molar-refractivity contribution is -0.137. The van der Waals surface area contributed by atoms with Crippen molar-refractivity contribution in [2.45, 2.75) is 36.8 Å². The zero-order valence-corrected chi connectivity index (χ0v) is 16.9. The first-order valence-electron chi connectivity index (χ1n) is 9.51. The average Bonchev–Trinajstić information content (AvgIpc) is 2.97. The van der Waals surface area contributed by atoms with Gasteiger partial charge in [0, 0.05) is 24.5 Å². The molecule has 0 spiro atoms. The minimum Gasteiger partial charge on any atom is -0.325 e. The molecule has 2 N–H and O–H groups in total. The second-order valence-electron chi connectivity index (χ2n) is 7.04. The summed E-state index contributed by atoms with van der Waals surface area (Å²) in [5.74, 6) is 0. The number of nitrogens with one attached hydrogen (secondary N) is 2. The van der Waals surface area contributed by atoms with E-state index in [0.29, 0.717) is 18.8 Å². The van der Waals surface area contributed by atoms with E-state index in [1.807, 2.05) is 0 Å². The third-order valence-electron chi connectivity index (χ3n) is 4.77. The first kappa shape index (κ1) is 21.9. The number of nitrogens with zero attached hydrogens (tertiary/aromatic N) is 1. The molecule has 0 radical (unpaired) electrons. The Kier molecular flexibility index (Phi) is 6.55. The van der Waals surface area contributed by atoms with Crippen LogP contribution in [0.25, 0.3) is 0 Å². The third kappa shape index (κ3) is 5.65. The van der Waals surface area contributed by atoms with Gasteiger partial charge in [0.1, 0.15) is 0 Å². The second-order valence-corrected chi connectivity index (χ2v) is 8.72. The molecular weight excluding hydrogens is 419 g/mol.